The summed E-state index contributed by atoms with van der Waals surface area (Å²) in [6.07, 6.45) is 1.46. The molecule has 3 aromatic carbocycles. The molecule has 0 saturated carbocycles. The van der Waals surface area contributed by atoms with Crippen LogP contribution in [0.2, 0.25) is 10.0 Å². The van der Waals surface area contributed by atoms with Crippen LogP contribution >= 0.6 is 23.2 Å². The van der Waals surface area contributed by atoms with E-state index in [1.165, 1.54) is 16.5 Å². The average molecular weight is 329 g/mol. The molecule has 0 unspecified atom stereocenters. The Labute approximate surface area is 139 Å². The fourth-order valence-corrected chi connectivity index (χ4v) is 3.68. The van der Waals surface area contributed by atoms with E-state index >= 15 is 0 Å². The maximum absolute atomic E-state index is 10.8. The number of hydrogen-bond donors (Lipinski definition) is 1. The maximum Gasteiger partial charge on any atom is 0.105 e. The Kier molecular flexibility index (Phi) is 3.37. The molecule has 22 heavy (non-hydrogen) atoms. The summed E-state index contributed by atoms with van der Waals surface area (Å²) >= 11 is 12.0. The molecule has 3 aromatic rings. The van der Waals surface area contributed by atoms with E-state index in [4.69, 9.17) is 23.2 Å². The van der Waals surface area contributed by atoms with Crippen LogP contribution in [0.25, 0.3) is 10.8 Å². The zero-order chi connectivity index (χ0) is 15.3. The molecule has 110 valence electrons. The number of aliphatic hydroxyl groups is 1. The minimum atomic E-state index is -0.709. The van der Waals surface area contributed by atoms with Crippen LogP contribution in [0.15, 0.2) is 48.5 Å². The van der Waals surface area contributed by atoms with Gasteiger partial charge in [-0.2, -0.15) is 0 Å². The first-order valence-electron chi connectivity index (χ1n) is 7.31. The van der Waals surface area contributed by atoms with Crippen molar-refractivity contribution in [3.05, 3.63) is 80.8 Å². The van der Waals surface area contributed by atoms with E-state index in [2.05, 4.69) is 24.3 Å². The molecule has 0 fully saturated rings. The number of benzene rings is 3. The lowest BCUT2D eigenvalue weighted by Crippen LogP contribution is -2.01. The minimum absolute atomic E-state index is 0.462. The lowest BCUT2D eigenvalue weighted by Gasteiger charge is -2.16. The second-order valence-electron chi connectivity index (χ2n) is 5.73. The van der Waals surface area contributed by atoms with Gasteiger partial charge in [0.15, 0.2) is 0 Å². The fourth-order valence-electron chi connectivity index (χ4n) is 3.37. The maximum atomic E-state index is 10.8. The highest BCUT2D eigenvalue weighted by atomic mass is 35.5. The van der Waals surface area contributed by atoms with Gasteiger partial charge in [-0.3, -0.25) is 0 Å². The quantitative estimate of drug-likeness (QED) is 0.674. The van der Waals surface area contributed by atoms with Gasteiger partial charge < -0.3 is 5.11 Å². The Hall–Kier alpha value is -1.54. The predicted molar refractivity (Wildman–Crippen MR) is 91.9 cm³/mol. The van der Waals surface area contributed by atoms with Crippen molar-refractivity contribution in [2.45, 2.75) is 18.9 Å². The topological polar surface area (TPSA) is 20.2 Å². The van der Waals surface area contributed by atoms with Gasteiger partial charge in [0, 0.05) is 0 Å². The molecule has 3 heteroatoms. The standard InChI is InChI=1S/C19H14Cl2O/c20-16-9-7-13(10-17(16)21)19(22)15-8-6-12-5-4-11-2-1-3-14(15)18(11)12/h1-3,6-10,19,22H,4-5H2/t19-/m0/s1. The number of halogens is 2. The molecule has 0 aliphatic heterocycles. The van der Waals surface area contributed by atoms with Gasteiger partial charge in [-0.1, -0.05) is 59.6 Å². The van der Waals surface area contributed by atoms with Gasteiger partial charge in [0.25, 0.3) is 0 Å². The van der Waals surface area contributed by atoms with Gasteiger partial charge in [-0.05, 0) is 58.0 Å². The largest absolute Gasteiger partial charge is 0.384 e. The van der Waals surface area contributed by atoms with E-state index in [0.717, 1.165) is 29.4 Å². The Morgan fingerprint density at radius 1 is 0.864 bits per heavy atom. The monoisotopic (exact) mass is 328 g/mol. The molecular weight excluding hydrogens is 315 g/mol. The summed E-state index contributed by atoms with van der Waals surface area (Å²) in [7, 11) is 0. The van der Waals surface area contributed by atoms with Gasteiger partial charge in [0.1, 0.15) is 6.10 Å². The van der Waals surface area contributed by atoms with Crippen molar-refractivity contribution < 1.29 is 5.11 Å². The second-order valence-corrected chi connectivity index (χ2v) is 6.54. The van der Waals surface area contributed by atoms with Crippen molar-refractivity contribution in [3.63, 3.8) is 0 Å². The van der Waals surface area contributed by atoms with Crippen LogP contribution in [0.3, 0.4) is 0 Å². The van der Waals surface area contributed by atoms with Crippen LogP contribution in [0.5, 0.6) is 0 Å². The molecule has 1 atom stereocenters. The van der Waals surface area contributed by atoms with Crippen molar-refractivity contribution >= 4 is 34.0 Å². The molecule has 0 aromatic heterocycles. The zero-order valence-electron chi connectivity index (χ0n) is 11.8. The second kappa shape index (κ2) is 5.27. The molecule has 0 saturated heterocycles. The molecule has 1 aliphatic rings. The van der Waals surface area contributed by atoms with Gasteiger partial charge in [-0.25, -0.2) is 0 Å². The molecule has 0 heterocycles. The fraction of sp³-hybridized carbons (Fsp3) is 0.158. The number of hydrogen-bond acceptors (Lipinski definition) is 1. The normalized spacial score (nSPS) is 14.5. The van der Waals surface area contributed by atoms with E-state index in [1.54, 1.807) is 12.1 Å². The third-order valence-electron chi connectivity index (χ3n) is 4.46. The number of aryl methyl sites for hydroxylation is 2. The van der Waals surface area contributed by atoms with Gasteiger partial charge in [0.2, 0.25) is 0 Å². The molecule has 0 amide bonds. The molecule has 1 N–H and O–H groups in total. The van der Waals surface area contributed by atoms with E-state index in [0.29, 0.717) is 10.0 Å². The molecule has 1 nitrogen and oxygen atoms in total. The van der Waals surface area contributed by atoms with E-state index in [9.17, 15) is 5.11 Å². The number of aliphatic hydroxyl groups excluding tert-OH is 1. The first kappa shape index (κ1) is 14.1. The van der Waals surface area contributed by atoms with Crippen molar-refractivity contribution in [3.8, 4) is 0 Å². The Morgan fingerprint density at radius 3 is 2.41 bits per heavy atom. The summed E-state index contributed by atoms with van der Waals surface area (Å²) in [6, 6.07) is 15.8. The highest BCUT2D eigenvalue weighted by molar-refractivity contribution is 6.42. The van der Waals surface area contributed by atoms with Crippen LogP contribution in [-0.4, -0.2) is 5.11 Å². The smallest absolute Gasteiger partial charge is 0.105 e. The van der Waals surface area contributed by atoms with Crippen LogP contribution in [0.1, 0.15) is 28.4 Å². The summed E-state index contributed by atoms with van der Waals surface area (Å²) < 4.78 is 0. The third kappa shape index (κ3) is 2.13. The molecule has 0 spiro atoms. The van der Waals surface area contributed by atoms with Crippen LogP contribution in [-0.2, 0) is 12.8 Å². The summed E-state index contributed by atoms with van der Waals surface area (Å²) in [5, 5.41) is 14.2. The van der Waals surface area contributed by atoms with Crippen molar-refractivity contribution in [1.29, 1.82) is 0 Å². The van der Waals surface area contributed by atoms with Crippen molar-refractivity contribution in [2.24, 2.45) is 0 Å². The summed E-state index contributed by atoms with van der Waals surface area (Å²) in [5.74, 6) is 0. The SMILES string of the molecule is O[C@@H](c1ccc(Cl)c(Cl)c1)c1ccc2c3c(cccc13)CC2. The predicted octanol–water partition coefficient (Wildman–Crippen LogP) is 5.33. The van der Waals surface area contributed by atoms with Crippen LogP contribution in [0.4, 0.5) is 0 Å². The third-order valence-corrected chi connectivity index (χ3v) is 5.20. The van der Waals surface area contributed by atoms with Crippen molar-refractivity contribution in [2.75, 3.05) is 0 Å². The van der Waals surface area contributed by atoms with E-state index in [-0.39, 0.29) is 0 Å². The molecule has 4 rings (SSSR count). The lowest BCUT2D eigenvalue weighted by atomic mass is 9.93. The summed E-state index contributed by atoms with van der Waals surface area (Å²) in [6.45, 7) is 0. The molecular formula is C19H14Cl2O. The zero-order valence-corrected chi connectivity index (χ0v) is 13.3. The van der Waals surface area contributed by atoms with Gasteiger partial charge in [-0.15, -0.1) is 0 Å². The average Bonchev–Trinajstić information content (AvgIpc) is 2.95. The van der Waals surface area contributed by atoms with Crippen LogP contribution < -0.4 is 0 Å². The van der Waals surface area contributed by atoms with E-state index in [1.807, 2.05) is 12.1 Å². The first-order chi connectivity index (χ1) is 10.6. The highest BCUT2D eigenvalue weighted by Gasteiger charge is 2.20. The van der Waals surface area contributed by atoms with Crippen LogP contribution in [0, 0.1) is 0 Å². The van der Waals surface area contributed by atoms with Gasteiger partial charge in [0.05, 0.1) is 10.0 Å². The molecule has 0 radical (unpaired) electrons. The van der Waals surface area contributed by atoms with E-state index < -0.39 is 6.10 Å². The van der Waals surface area contributed by atoms with Crippen molar-refractivity contribution in [1.82, 2.24) is 0 Å². The summed E-state index contributed by atoms with van der Waals surface area (Å²) in [4.78, 5) is 0. The Balaban J connectivity index is 1.89. The highest BCUT2D eigenvalue weighted by Crippen LogP contribution is 2.37. The Bertz CT molecular complexity index is 876. The number of rotatable bonds is 2. The Morgan fingerprint density at radius 2 is 1.64 bits per heavy atom. The lowest BCUT2D eigenvalue weighted by molar-refractivity contribution is 0.222. The first-order valence-corrected chi connectivity index (χ1v) is 8.07. The van der Waals surface area contributed by atoms with Gasteiger partial charge >= 0.3 is 0 Å². The molecule has 0 bridgehead atoms. The summed E-state index contributed by atoms with van der Waals surface area (Å²) in [5.41, 5.74) is 4.42. The minimum Gasteiger partial charge on any atom is -0.384 e. The molecule has 1 aliphatic carbocycles.